The van der Waals surface area contributed by atoms with Crippen molar-refractivity contribution in [1.29, 1.82) is 0 Å². The van der Waals surface area contributed by atoms with Crippen molar-refractivity contribution in [2.75, 3.05) is 5.32 Å². The molecule has 5 heteroatoms. The first-order valence-electron chi connectivity index (χ1n) is 4.54. The zero-order chi connectivity index (χ0) is 10.1. The van der Waals surface area contributed by atoms with Crippen molar-refractivity contribution in [3.05, 3.63) is 27.9 Å². The van der Waals surface area contributed by atoms with Crippen LogP contribution < -0.4 is 5.32 Å². The summed E-state index contributed by atoms with van der Waals surface area (Å²) in [4.78, 5) is 14.3. The van der Waals surface area contributed by atoms with Gasteiger partial charge in [0.25, 0.3) is 5.69 Å². The monoisotopic (exact) mass is 193 g/mol. The third-order valence-corrected chi connectivity index (χ3v) is 2.20. The fraction of sp³-hybridized carbons (Fsp3) is 0.444. The van der Waals surface area contributed by atoms with Gasteiger partial charge in [0.2, 0.25) is 0 Å². The topological polar surface area (TPSA) is 68.1 Å². The molecule has 74 valence electrons. The summed E-state index contributed by atoms with van der Waals surface area (Å²) in [5, 5.41) is 13.7. The van der Waals surface area contributed by atoms with Gasteiger partial charge in [0, 0.05) is 17.8 Å². The molecule has 14 heavy (non-hydrogen) atoms. The summed E-state index contributed by atoms with van der Waals surface area (Å²) in [6.45, 7) is 1.69. The molecule has 1 aromatic heterocycles. The van der Waals surface area contributed by atoms with Crippen LogP contribution in [-0.4, -0.2) is 15.9 Å². The summed E-state index contributed by atoms with van der Waals surface area (Å²) in [7, 11) is 0. The minimum atomic E-state index is -0.380. The molecule has 0 aromatic carbocycles. The molecule has 0 spiro atoms. The van der Waals surface area contributed by atoms with E-state index in [4.69, 9.17) is 0 Å². The van der Waals surface area contributed by atoms with Gasteiger partial charge in [-0.3, -0.25) is 10.1 Å². The Kier molecular flexibility index (Phi) is 2.07. The van der Waals surface area contributed by atoms with Crippen LogP contribution in [-0.2, 0) is 0 Å². The smallest absolute Gasteiger partial charge is 0.277 e. The molecule has 1 heterocycles. The first-order valence-corrected chi connectivity index (χ1v) is 4.54. The number of rotatable bonds is 3. The van der Waals surface area contributed by atoms with Crippen LogP contribution in [0.1, 0.15) is 18.4 Å². The third-order valence-electron chi connectivity index (χ3n) is 2.20. The number of hydrogen-bond acceptors (Lipinski definition) is 4. The molecule has 1 N–H and O–H groups in total. The lowest BCUT2D eigenvalue weighted by molar-refractivity contribution is -0.385. The van der Waals surface area contributed by atoms with Crippen molar-refractivity contribution in [2.45, 2.75) is 25.8 Å². The number of nitro groups is 1. The summed E-state index contributed by atoms with van der Waals surface area (Å²) in [5.41, 5.74) is 0.722. The largest absolute Gasteiger partial charge is 0.367 e. The second-order valence-electron chi connectivity index (χ2n) is 3.53. The first-order chi connectivity index (χ1) is 6.66. The van der Waals surface area contributed by atoms with Gasteiger partial charge in [0.15, 0.2) is 0 Å². The van der Waals surface area contributed by atoms with Gasteiger partial charge in [-0.1, -0.05) is 0 Å². The highest BCUT2D eigenvalue weighted by Gasteiger charge is 2.22. The molecule has 1 fully saturated rings. The van der Waals surface area contributed by atoms with Gasteiger partial charge in [0.1, 0.15) is 5.82 Å². The molecular weight excluding hydrogens is 182 g/mol. The fourth-order valence-corrected chi connectivity index (χ4v) is 1.23. The van der Waals surface area contributed by atoms with Gasteiger partial charge < -0.3 is 5.32 Å². The summed E-state index contributed by atoms with van der Waals surface area (Å²) < 4.78 is 0. The van der Waals surface area contributed by atoms with E-state index in [1.165, 1.54) is 12.3 Å². The molecule has 0 radical (unpaired) electrons. The lowest BCUT2D eigenvalue weighted by atomic mass is 10.2. The number of hydrogen-bond donors (Lipinski definition) is 1. The molecule has 0 unspecified atom stereocenters. The third kappa shape index (κ3) is 1.81. The molecule has 0 aliphatic heterocycles. The summed E-state index contributed by atoms with van der Waals surface area (Å²) >= 11 is 0. The van der Waals surface area contributed by atoms with E-state index >= 15 is 0 Å². The van der Waals surface area contributed by atoms with Crippen LogP contribution in [0.4, 0.5) is 11.5 Å². The van der Waals surface area contributed by atoms with Gasteiger partial charge in [-0.15, -0.1) is 0 Å². The molecule has 1 aliphatic rings. The number of pyridine rings is 1. The predicted molar refractivity (Wildman–Crippen MR) is 52.3 cm³/mol. The van der Waals surface area contributed by atoms with Gasteiger partial charge in [-0.2, -0.15) is 0 Å². The second kappa shape index (κ2) is 3.25. The zero-order valence-electron chi connectivity index (χ0n) is 7.86. The maximum atomic E-state index is 10.6. The van der Waals surface area contributed by atoms with Crippen molar-refractivity contribution < 1.29 is 4.92 Å². The average molecular weight is 193 g/mol. The molecule has 1 aliphatic carbocycles. The van der Waals surface area contributed by atoms with Crippen LogP contribution in [0, 0.1) is 17.0 Å². The molecule has 0 saturated heterocycles. The van der Waals surface area contributed by atoms with Gasteiger partial charge >= 0.3 is 0 Å². The van der Waals surface area contributed by atoms with E-state index in [0.717, 1.165) is 12.8 Å². The van der Waals surface area contributed by atoms with E-state index in [-0.39, 0.29) is 10.6 Å². The summed E-state index contributed by atoms with van der Waals surface area (Å²) in [6, 6.07) is 1.96. The van der Waals surface area contributed by atoms with E-state index in [1.54, 1.807) is 6.92 Å². The van der Waals surface area contributed by atoms with E-state index in [2.05, 4.69) is 10.3 Å². The molecule has 1 saturated carbocycles. The first kappa shape index (κ1) is 8.93. The Labute approximate surface area is 81.3 Å². The van der Waals surface area contributed by atoms with E-state index < -0.39 is 0 Å². The van der Waals surface area contributed by atoms with Crippen LogP contribution in [0.2, 0.25) is 0 Å². The average Bonchev–Trinajstić information content (AvgIpc) is 2.92. The Hall–Kier alpha value is -1.65. The minimum Gasteiger partial charge on any atom is -0.367 e. The number of nitrogens with one attached hydrogen (secondary N) is 1. The number of nitrogens with zero attached hydrogens (tertiary/aromatic N) is 2. The quantitative estimate of drug-likeness (QED) is 0.587. The van der Waals surface area contributed by atoms with Crippen molar-refractivity contribution in [2.24, 2.45) is 0 Å². The predicted octanol–water partition coefficient (Wildman–Crippen LogP) is 1.87. The highest BCUT2D eigenvalue weighted by molar-refractivity contribution is 5.49. The second-order valence-corrected chi connectivity index (χ2v) is 3.53. The Morgan fingerprint density at radius 3 is 2.93 bits per heavy atom. The molecule has 0 bridgehead atoms. The Morgan fingerprint density at radius 2 is 2.36 bits per heavy atom. The van der Waals surface area contributed by atoms with Crippen molar-refractivity contribution >= 4 is 11.5 Å². The van der Waals surface area contributed by atoms with Crippen LogP contribution in [0.3, 0.4) is 0 Å². The number of aryl methyl sites for hydroxylation is 1. The Bertz CT molecular complexity index is 374. The molecule has 5 nitrogen and oxygen atoms in total. The molecular formula is C9H11N3O2. The fourth-order valence-electron chi connectivity index (χ4n) is 1.23. The van der Waals surface area contributed by atoms with E-state index in [9.17, 15) is 10.1 Å². The van der Waals surface area contributed by atoms with Crippen LogP contribution in [0.15, 0.2) is 12.3 Å². The molecule has 0 atom stereocenters. The van der Waals surface area contributed by atoms with Gasteiger partial charge in [-0.25, -0.2) is 4.98 Å². The van der Waals surface area contributed by atoms with E-state index in [1.807, 2.05) is 0 Å². The molecule has 0 amide bonds. The lowest BCUT2D eigenvalue weighted by Crippen LogP contribution is -2.04. The highest BCUT2D eigenvalue weighted by Crippen LogP contribution is 2.26. The van der Waals surface area contributed by atoms with E-state index in [0.29, 0.717) is 17.4 Å². The number of aromatic nitrogens is 1. The van der Waals surface area contributed by atoms with Crippen molar-refractivity contribution in [1.82, 2.24) is 4.98 Å². The Morgan fingerprint density at radius 1 is 1.64 bits per heavy atom. The van der Waals surface area contributed by atoms with Gasteiger partial charge in [-0.05, 0) is 19.8 Å². The SMILES string of the molecule is Cc1cnc(NC2CC2)cc1[N+](=O)[O-]. The maximum Gasteiger partial charge on any atom is 0.277 e. The van der Waals surface area contributed by atoms with Gasteiger partial charge in [0.05, 0.1) is 11.0 Å². The molecule has 1 aromatic rings. The summed E-state index contributed by atoms with van der Waals surface area (Å²) in [5.74, 6) is 0.602. The minimum absolute atomic E-state index is 0.128. The van der Waals surface area contributed by atoms with Crippen molar-refractivity contribution in [3.8, 4) is 0 Å². The summed E-state index contributed by atoms with van der Waals surface area (Å²) in [6.07, 6.45) is 3.79. The highest BCUT2D eigenvalue weighted by atomic mass is 16.6. The van der Waals surface area contributed by atoms with Crippen LogP contribution in [0.5, 0.6) is 0 Å². The zero-order valence-corrected chi connectivity index (χ0v) is 7.86. The van der Waals surface area contributed by atoms with Crippen molar-refractivity contribution in [3.63, 3.8) is 0 Å². The van der Waals surface area contributed by atoms with Crippen LogP contribution >= 0.6 is 0 Å². The van der Waals surface area contributed by atoms with Crippen LogP contribution in [0.25, 0.3) is 0 Å². The Balaban J connectivity index is 2.24. The molecule has 2 rings (SSSR count). The lowest BCUT2D eigenvalue weighted by Gasteiger charge is -2.03. The number of anilines is 1. The normalized spacial score (nSPS) is 15.2. The standard InChI is InChI=1S/C9H11N3O2/c1-6-5-10-9(11-7-2-3-7)4-8(6)12(13)14/h4-5,7H,2-3H2,1H3,(H,10,11). The maximum absolute atomic E-state index is 10.6.